The molecule has 3 N–H and O–H groups in total. The number of hydrogen-bond donors (Lipinski definition) is 2. The second-order valence-corrected chi connectivity index (χ2v) is 5.58. The predicted octanol–water partition coefficient (Wildman–Crippen LogP) is 1.07. The highest BCUT2D eigenvalue weighted by atomic mass is 16.4. The Balaban J connectivity index is 2.51. The number of carboxylic acids is 1. The summed E-state index contributed by atoms with van der Waals surface area (Å²) < 4.78 is 0. The Labute approximate surface area is 108 Å². The number of amides is 1. The second kappa shape index (κ2) is 6.73. The van der Waals surface area contributed by atoms with Crippen molar-refractivity contribution < 1.29 is 14.7 Å². The van der Waals surface area contributed by atoms with Gasteiger partial charge in [0.25, 0.3) is 0 Å². The number of carbonyl (C=O) groups is 2. The van der Waals surface area contributed by atoms with Gasteiger partial charge in [0, 0.05) is 12.5 Å². The third-order valence-electron chi connectivity index (χ3n) is 3.21. The van der Waals surface area contributed by atoms with E-state index in [1.165, 1.54) is 4.90 Å². The highest BCUT2D eigenvalue weighted by molar-refractivity contribution is 5.82. The molecule has 0 heterocycles. The first kappa shape index (κ1) is 15.0. The summed E-state index contributed by atoms with van der Waals surface area (Å²) >= 11 is 0. The van der Waals surface area contributed by atoms with Crippen molar-refractivity contribution in [2.24, 2.45) is 17.6 Å². The fourth-order valence-electron chi connectivity index (χ4n) is 2.25. The van der Waals surface area contributed by atoms with Crippen LogP contribution in [0.4, 0.5) is 0 Å². The first-order valence-electron chi connectivity index (χ1n) is 6.65. The molecule has 0 spiro atoms. The molecule has 1 unspecified atom stereocenters. The lowest BCUT2D eigenvalue weighted by molar-refractivity contribution is -0.145. The maximum atomic E-state index is 12.1. The van der Waals surface area contributed by atoms with E-state index in [4.69, 9.17) is 10.8 Å². The molecular weight excluding hydrogens is 232 g/mol. The smallest absolute Gasteiger partial charge is 0.323 e. The molecule has 0 aliphatic heterocycles. The summed E-state index contributed by atoms with van der Waals surface area (Å²) in [6.45, 7) is 4.50. The Hall–Kier alpha value is -1.10. The molecule has 1 aliphatic carbocycles. The molecule has 0 aromatic heterocycles. The molecule has 1 aliphatic rings. The van der Waals surface area contributed by atoms with Gasteiger partial charge in [0.15, 0.2) is 0 Å². The van der Waals surface area contributed by atoms with Gasteiger partial charge in [0.05, 0.1) is 0 Å². The SMILES string of the molecule is CC(C)CC(CN)CC(=O)N(CC(=O)O)C1CC1. The van der Waals surface area contributed by atoms with Crippen molar-refractivity contribution in [2.45, 2.75) is 45.6 Å². The van der Waals surface area contributed by atoms with Crippen molar-refractivity contribution in [3.8, 4) is 0 Å². The maximum Gasteiger partial charge on any atom is 0.323 e. The van der Waals surface area contributed by atoms with Crippen LogP contribution in [0.3, 0.4) is 0 Å². The molecule has 0 aromatic carbocycles. The first-order chi connectivity index (χ1) is 8.43. The quantitative estimate of drug-likeness (QED) is 0.680. The van der Waals surface area contributed by atoms with Crippen LogP contribution < -0.4 is 5.73 Å². The largest absolute Gasteiger partial charge is 0.480 e. The Morgan fingerprint density at radius 1 is 1.39 bits per heavy atom. The number of nitrogens with two attached hydrogens (primary N) is 1. The molecule has 18 heavy (non-hydrogen) atoms. The van der Waals surface area contributed by atoms with Gasteiger partial charge in [0.1, 0.15) is 6.54 Å². The van der Waals surface area contributed by atoms with E-state index in [1.54, 1.807) is 0 Å². The third-order valence-corrected chi connectivity index (χ3v) is 3.21. The minimum Gasteiger partial charge on any atom is -0.480 e. The van der Waals surface area contributed by atoms with E-state index in [0.29, 0.717) is 18.9 Å². The molecule has 1 rings (SSSR count). The lowest BCUT2D eigenvalue weighted by Gasteiger charge is -2.24. The van der Waals surface area contributed by atoms with Crippen molar-refractivity contribution in [1.82, 2.24) is 4.90 Å². The number of carbonyl (C=O) groups excluding carboxylic acids is 1. The Bertz CT molecular complexity index is 301. The van der Waals surface area contributed by atoms with E-state index in [9.17, 15) is 9.59 Å². The van der Waals surface area contributed by atoms with Gasteiger partial charge in [-0.25, -0.2) is 0 Å². The zero-order valence-corrected chi connectivity index (χ0v) is 11.3. The Morgan fingerprint density at radius 2 is 2.00 bits per heavy atom. The van der Waals surface area contributed by atoms with Crippen LogP contribution in [0, 0.1) is 11.8 Å². The first-order valence-corrected chi connectivity index (χ1v) is 6.65. The number of carboxylic acid groups (broad SMARTS) is 1. The number of rotatable bonds is 8. The Morgan fingerprint density at radius 3 is 2.39 bits per heavy atom. The summed E-state index contributed by atoms with van der Waals surface area (Å²) in [7, 11) is 0. The van der Waals surface area contributed by atoms with E-state index in [0.717, 1.165) is 19.3 Å². The van der Waals surface area contributed by atoms with E-state index in [1.807, 2.05) is 0 Å². The lowest BCUT2D eigenvalue weighted by atomic mass is 9.93. The van der Waals surface area contributed by atoms with E-state index < -0.39 is 5.97 Å². The normalized spacial score (nSPS) is 16.7. The number of hydrogen-bond acceptors (Lipinski definition) is 3. The van der Waals surface area contributed by atoms with Crippen LogP contribution in [0.2, 0.25) is 0 Å². The third kappa shape index (κ3) is 5.04. The molecule has 5 nitrogen and oxygen atoms in total. The van der Waals surface area contributed by atoms with Crippen LogP contribution in [-0.2, 0) is 9.59 Å². The number of aliphatic carboxylic acids is 1. The Kier molecular flexibility index (Phi) is 5.59. The predicted molar refractivity (Wildman–Crippen MR) is 69.0 cm³/mol. The van der Waals surface area contributed by atoms with Gasteiger partial charge in [0.2, 0.25) is 5.91 Å². The molecule has 1 fully saturated rings. The molecule has 0 aromatic rings. The van der Waals surface area contributed by atoms with E-state index in [-0.39, 0.29) is 24.4 Å². The van der Waals surface area contributed by atoms with Gasteiger partial charge < -0.3 is 15.7 Å². The van der Waals surface area contributed by atoms with Crippen molar-refractivity contribution in [2.75, 3.05) is 13.1 Å². The standard InChI is InChI=1S/C13H24N2O3/c1-9(2)5-10(7-14)6-12(16)15(8-13(17)18)11-3-4-11/h9-11H,3-8,14H2,1-2H3,(H,17,18). The molecule has 1 amide bonds. The molecule has 0 bridgehead atoms. The van der Waals surface area contributed by atoms with Crippen LogP contribution in [-0.4, -0.2) is 41.0 Å². The van der Waals surface area contributed by atoms with Gasteiger partial charge >= 0.3 is 5.97 Å². The topological polar surface area (TPSA) is 83.6 Å². The van der Waals surface area contributed by atoms with Crippen molar-refractivity contribution >= 4 is 11.9 Å². The zero-order chi connectivity index (χ0) is 13.7. The van der Waals surface area contributed by atoms with Crippen molar-refractivity contribution in [3.05, 3.63) is 0 Å². The van der Waals surface area contributed by atoms with Crippen molar-refractivity contribution in [3.63, 3.8) is 0 Å². The minimum absolute atomic E-state index is 0.0593. The fourth-order valence-corrected chi connectivity index (χ4v) is 2.25. The molecule has 1 saturated carbocycles. The summed E-state index contributed by atoms with van der Waals surface area (Å²) in [4.78, 5) is 24.4. The maximum absolute atomic E-state index is 12.1. The van der Waals surface area contributed by atoms with Gasteiger partial charge in [-0.1, -0.05) is 13.8 Å². The summed E-state index contributed by atoms with van der Waals surface area (Å²) in [6, 6.07) is 0.145. The molecule has 0 radical (unpaired) electrons. The minimum atomic E-state index is -0.941. The second-order valence-electron chi connectivity index (χ2n) is 5.58. The average Bonchev–Trinajstić information content (AvgIpc) is 3.07. The highest BCUT2D eigenvalue weighted by Gasteiger charge is 2.34. The summed E-state index contributed by atoms with van der Waals surface area (Å²) in [5.41, 5.74) is 5.68. The monoisotopic (exact) mass is 256 g/mol. The fraction of sp³-hybridized carbons (Fsp3) is 0.846. The summed E-state index contributed by atoms with van der Waals surface area (Å²) in [5.74, 6) is -0.341. The number of nitrogens with zero attached hydrogens (tertiary/aromatic N) is 1. The van der Waals surface area contributed by atoms with Crippen LogP contribution in [0.5, 0.6) is 0 Å². The summed E-state index contributed by atoms with van der Waals surface area (Å²) in [6.07, 6.45) is 3.14. The van der Waals surface area contributed by atoms with Crippen LogP contribution in [0.15, 0.2) is 0 Å². The molecule has 0 saturated heterocycles. The van der Waals surface area contributed by atoms with Crippen LogP contribution >= 0.6 is 0 Å². The van der Waals surface area contributed by atoms with Gasteiger partial charge in [-0.2, -0.15) is 0 Å². The molecule has 104 valence electrons. The summed E-state index contributed by atoms with van der Waals surface area (Å²) in [5, 5.41) is 8.83. The van der Waals surface area contributed by atoms with Crippen LogP contribution in [0.25, 0.3) is 0 Å². The zero-order valence-electron chi connectivity index (χ0n) is 11.3. The van der Waals surface area contributed by atoms with Crippen LogP contribution in [0.1, 0.15) is 39.5 Å². The molecule has 1 atom stereocenters. The van der Waals surface area contributed by atoms with Gasteiger partial charge in [-0.15, -0.1) is 0 Å². The van der Waals surface area contributed by atoms with Gasteiger partial charge in [-0.3, -0.25) is 9.59 Å². The molecule has 5 heteroatoms. The molecular formula is C13H24N2O3. The highest BCUT2D eigenvalue weighted by Crippen LogP contribution is 2.28. The van der Waals surface area contributed by atoms with Crippen molar-refractivity contribution in [1.29, 1.82) is 0 Å². The van der Waals surface area contributed by atoms with E-state index >= 15 is 0 Å². The lowest BCUT2D eigenvalue weighted by Crippen LogP contribution is -2.39. The average molecular weight is 256 g/mol. The van der Waals surface area contributed by atoms with Gasteiger partial charge in [-0.05, 0) is 37.6 Å². The van der Waals surface area contributed by atoms with E-state index in [2.05, 4.69) is 13.8 Å².